The summed E-state index contributed by atoms with van der Waals surface area (Å²) in [6.07, 6.45) is 3.23. The normalized spacial score (nSPS) is 11.0. The zero-order chi connectivity index (χ0) is 12.7. The molecular weight excluding hydrogens is 294 g/mol. The van der Waals surface area contributed by atoms with Crippen molar-refractivity contribution in [2.24, 2.45) is 0 Å². The predicted molar refractivity (Wildman–Crippen MR) is 72.9 cm³/mol. The molecule has 0 radical (unpaired) electrons. The first-order chi connectivity index (χ1) is 8.65. The number of aromatic amines is 1. The van der Waals surface area contributed by atoms with Crippen molar-refractivity contribution in [1.82, 2.24) is 4.98 Å². The second kappa shape index (κ2) is 4.14. The lowest BCUT2D eigenvalue weighted by Gasteiger charge is -1.96. The van der Waals surface area contributed by atoms with E-state index in [1.54, 1.807) is 12.3 Å². The SMILES string of the molecule is Cc1cc(C(=O)c2c[nH]c3ccc(Br)cc23)co1. The number of hydrogen-bond acceptors (Lipinski definition) is 2. The topological polar surface area (TPSA) is 46.0 Å². The number of ketones is 1. The molecule has 0 aliphatic rings. The van der Waals surface area contributed by atoms with Crippen molar-refractivity contribution in [2.75, 3.05) is 0 Å². The molecule has 2 heterocycles. The molecule has 3 aromatic rings. The molecule has 1 N–H and O–H groups in total. The highest BCUT2D eigenvalue weighted by atomic mass is 79.9. The molecule has 0 aliphatic heterocycles. The maximum atomic E-state index is 12.4. The van der Waals surface area contributed by atoms with Gasteiger partial charge in [0.1, 0.15) is 12.0 Å². The number of benzene rings is 1. The van der Waals surface area contributed by atoms with E-state index in [1.807, 2.05) is 25.1 Å². The van der Waals surface area contributed by atoms with Gasteiger partial charge in [0.2, 0.25) is 0 Å². The second-order valence-corrected chi connectivity index (χ2v) is 5.08. The van der Waals surface area contributed by atoms with Gasteiger partial charge in [0.25, 0.3) is 0 Å². The molecule has 4 heteroatoms. The van der Waals surface area contributed by atoms with Crippen molar-refractivity contribution in [1.29, 1.82) is 0 Å². The Morgan fingerprint density at radius 1 is 1.33 bits per heavy atom. The molecule has 0 spiro atoms. The van der Waals surface area contributed by atoms with E-state index in [-0.39, 0.29) is 5.78 Å². The van der Waals surface area contributed by atoms with Crippen LogP contribution in [0.1, 0.15) is 21.7 Å². The third kappa shape index (κ3) is 1.78. The van der Waals surface area contributed by atoms with Crippen LogP contribution in [0.25, 0.3) is 10.9 Å². The summed E-state index contributed by atoms with van der Waals surface area (Å²) in [7, 11) is 0. The minimum atomic E-state index is -0.0313. The van der Waals surface area contributed by atoms with Gasteiger partial charge >= 0.3 is 0 Å². The third-order valence-corrected chi connectivity index (χ3v) is 3.37. The molecule has 90 valence electrons. The predicted octanol–water partition coefficient (Wildman–Crippen LogP) is 4.06. The standard InChI is InChI=1S/C14H10BrNO2/c1-8-4-9(7-18-8)14(17)12-6-16-13-3-2-10(15)5-11(12)13/h2-7,16H,1H3. The largest absolute Gasteiger partial charge is 0.469 e. The van der Waals surface area contributed by atoms with E-state index in [9.17, 15) is 4.79 Å². The molecule has 0 saturated carbocycles. The van der Waals surface area contributed by atoms with E-state index in [1.165, 1.54) is 6.26 Å². The zero-order valence-corrected chi connectivity index (χ0v) is 11.2. The van der Waals surface area contributed by atoms with Crippen molar-refractivity contribution in [3.8, 4) is 0 Å². The van der Waals surface area contributed by atoms with E-state index in [0.29, 0.717) is 11.1 Å². The maximum Gasteiger partial charge on any atom is 0.198 e. The first-order valence-corrected chi connectivity index (χ1v) is 6.31. The zero-order valence-electron chi connectivity index (χ0n) is 9.66. The Hall–Kier alpha value is -1.81. The lowest BCUT2D eigenvalue weighted by molar-refractivity contribution is 0.103. The first-order valence-electron chi connectivity index (χ1n) is 5.51. The third-order valence-electron chi connectivity index (χ3n) is 2.88. The molecule has 0 amide bonds. The summed E-state index contributed by atoms with van der Waals surface area (Å²) in [5, 5.41) is 0.910. The quantitative estimate of drug-likeness (QED) is 0.726. The molecule has 3 rings (SSSR count). The van der Waals surface area contributed by atoms with Gasteiger partial charge in [-0.1, -0.05) is 15.9 Å². The highest BCUT2D eigenvalue weighted by Crippen LogP contribution is 2.25. The van der Waals surface area contributed by atoms with Crippen LogP contribution in [0.4, 0.5) is 0 Å². The van der Waals surface area contributed by atoms with Crippen LogP contribution in [-0.2, 0) is 0 Å². The monoisotopic (exact) mass is 303 g/mol. The van der Waals surface area contributed by atoms with Gasteiger partial charge in [0, 0.05) is 27.1 Å². The smallest absolute Gasteiger partial charge is 0.198 e. The molecule has 3 nitrogen and oxygen atoms in total. The van der Waals surface area contributed by atoms with Gasteiger partial charge in [-0.15, -0.1) is 0 Å². The minimum Gasteiger partial charge on any atom is -0.469 e. The Morgan fingerprint density at radius 2 is 2.17 bits per heavy atom. The number of aryl methyl sites for hydroxylation is 1. The number of rotatable bonds is 2. The average Bonchev–Trinajstić information content (AvgIpc) is 2.94. The van der Waals surface area contributed by atoms with Crippen LogP contribution < -0.4 is 0 Å². The Kier molecular flexibility index (Phi) is 2.59. The van der Waals surface area contributed by atoms with Gasteiger partial charge in [-0.05, 0) is 31.2 Å². The lowest BCUT2D eigenvalue weighted by Crippen LogP contribution is -1.98. The van der Waals surface area contributed by atoms with Crippen LogP contribution in [0, 0.1) is 6.92 Å². The van der Waals surface area contributed by atoms with E-state index < -0.39 is 0 Å². The average molecular weight is 304 g/mol. The number of hydrogen-bond donors (Lipinski definition) is 1. The van der Waals surface area contributed by atoms with Crippen LogP contribution >= 0.6 is 15.9 Å². The fourth-order valence-electron chi connectivity index (χ4n) is 2.00. The summed E-state index contributed by atoms with van der Waals surface area (Å²) in [6, 6.07) is 7.57. The van der Waals surface area contributed by atoms with Gasteiger partial charge in [-0.2, -0.15) is 0 Å². The van der Waals surface area contributed by atoms with Crippen LogP contribution in [0.15, 0.2) is 45.6 Å². The summed E-state index contributed by atoms with van der Waals surface area (Å²) in [5.74, 6) is 0.704. The van der Waals surface area contributed by atoms with Crippen LogP contribution in [-0.4, -0.2) is 10.8 Å². The van der Waals surface area contributed by atoms with Crippen molar-refractivity contribution >= 4 is 32.6 Å². The molecule has 18 heavy (non-hydrogen) atoms. The lowest BCUT2D eigenvalue weighted by atomic mass is 10.1. The van der Waals surface area contributed by atoms with Crippen molar-refractivity contribution < 1.29 is 9.21 Å². The van der Waals surface area contributed by atoms with Crippen LogP contribution in [0.2, 0.25) is 0 Å². The van der Waals surface area contributed by atoms with E-state index in [0.717, 1.165) is 21.1 Å². The number of carbonyl (C=O) groups excluding carboxylic acids is 1. The maximum absolute atomic E-state index is 12.4. The van der Waals surface area contributed by atoms with Crippen molar-refractivity contribution in [2.45, 2.75) is 6.92 Å². The van der Waals surface area contributed by atoms with E-state index in [2.05, 4.69) is 20.9 Å². The molecular formula is C14H10BrNO2. The summed E-state index contributed by atoms with van der Waals surface area (Å²) in [6.45, 7) is 1.82. The summed E-state index contributed by atoms with van der Waals surface area (Å²) in [4.78, 5) is 15.5. The Labute approximate surface area is 112 Å². The fraction of sp³-hybridized carbons (Fsp3) is 0.0714. The molecule has 0 bridgehead atoms. The molecule has 0 saturated heterocycles. The Morgan fingerprint density at radius 3 is 2.89 bits per heavy atom. The van der Waals surface area contributed by atoms with Crippen LogP contribution in [0.3, 0.4) is 0 Å². The molecule has 1 aromatic carbocycles. The van der Waals surface area contributed by atoms with Gasteiger partial charge in [0.15, 0.2) is 5.78 Å². The highest BCUT2D eigenvalue weighted by Gasteiger charge is 2.16. The first kappa shape index (κ1) is 11.3. The molecule has 0 aliphatic carbocycles. The number of aromatic nitrogens is 1. The number of furan rings is 1. The van der Waals surface area contributed by atoms with Gasteiger partial charge in [0.05, 0.1) is 5.56 Å². The highest BCUT2D eigenvalue weighted by molar-refractivity contribution is 9.10. The summed E-state index contributed by atoms with van der Waals surface area (Å²) in [5.41, 5.74) is 2.18. The number of nitrogens with one attached hydrogen (secondary N) is 1. The van der Waals surface area contributed by atoms with Gasteiger partial charge < -0.3 is 9.40 Å². The molecule has 0 unspecified atom stereocenters. The van der Waals surface area contributed by atoms with Crippen molar-refractivity contribution in [3.63, 3.8) is 0 Å². The number of fused-ring (bicyclic) bond motifs is 1. The second-order valence-electron chi connectivity index (χ2n) is 4.17. The Bertz CT molecular complexity index is 739. The van der Waals surface area contributed by atoms with Crippen molar-refractivity contribution in [3.05, 3.63) is 58.1 Å². The van der Waals surface area contributed by atoms with Gasteiger partial charge in [-0.3, -0.25) is 4.79 Å². The molecule has 0 fully saturated rings. The Balaban J connectivity index is 2.14. The number of H-pyrrole nitrogens is 1. The molecule has 0 atom stereocenters. The summed E-state index contributed by atoms with van der Waals surface area (Å²) >= 11 is 3.42. The molecule has 2 aromatic heterocycles. The van der Waals surface area contributed by atoms with Crippen LogP contribution in [0.5, 0.6) is 0 Å². The number of carbonyl (C=O) groups is 1. The van der Waals surface area contributed by atoms with Gasteiger partial charge in [-0.25, -0.2) is 0 Å². The fourth-order valence-corrected chi connectivity index (χ4v) is 2.36. The van der Waals surface area contributed by atoms with E-state index in [4.69, 9.17) is 4.42 Å². The van der Waals surface area contributed by atoms with E-state index >= 15 is 0 Å². The number of halogens is 1. The minimum absolute atomic E-state index is 0.0313. The summed E-state index contributed by atoms with van der Waals surface area (Å²) < 4.78 is 6.13.